The van der Waals surface area contributed by atoms with Gasteiger partial charge in [0.15, 0.2) is 5.78 Å². The molecule has 0 aromatic carbocycles. The molecule has 3 fully saturated rings. The summed E-state index contributed by atoms with van der Waals surface area (Å²) in [4.78, 5) is 72.4. The van der Waals surface area contributed by atoms with Crippen LogP contribution in [0, 0.1) is 35.5 Å². The number of rotatable bonds is 10. The molecule has 1 aliphatic carbocycles. The van der Waals surface area contributed by atoms with Crippen molar-refractivity contribution in [3.05, 3.63) is 47.6 Å². The Morgan fingerprint density at radius 3 is 2.25 bits per heavy atom. The number of methoxy groups -OCH3 is 3. The maximum Gasteiger partial charge on any atom is 0.329 e. The van der Waals surface area contributed by atoms with Gasteiger partial charge in [-0.25, -0.2) is 4.79 Å². The van der Waals surface area contributed by atoms with Crippen molar-refractivity contribution >= 4 is 36.8 Å². The average Bonchev–Trinajstić information content (AvgIpc) is 3.33. The number of aliphatic hydroxyl groups is 2. The zero-order valence-corrected chi connectivity index (χ0v) is 45.4. The Morgan fingerprint density at radius 2 is 1.59 bits per heavy atom. The van der Waals surface area contributed by atoms with Gasteiger partial charge in [0.2, 0.25) is 5.79 Å². The first-order valence-corrected chi connectivity index (χ1v) is 27.9. The second-order valence-electron chi connectivity index (χ2n) is 20.9. The molecule has 1 amide bonds. The smallest absolute Gasteiger partial charge is 0.329 e. The SMILES string of the molecule is CCOP(C)(=O)O[C@@H]1CC[C@@H](C[C@@H](C)[C@@H]2CC(=O)[C@H](C)/C=C(\C)[C@@H](O)[C@@H](OC)C(=O)[C@H](C)C[C@H](C)/C=C/C=C/C=C(\C)[C@@H](OC)C[C@@H]3CC[C@@H](C)[C@@](O)(O3)C(=O)C(=O)N3CCCC[C@H]3C(=O)O2)C[C@H]1OC. The molecule has 0 aromatic rings. The first kappa shape index (κ1) is 60.4. The fraction of sp³-hybridized carbons (Fsp3) is 0.759. The Hall–Kier alpha value is -3.18. The van der Waals surface area contributed by atoms with Gasteiger partial charge in [-0.2, -0.15) is 0 Å². The number of allylic oxidation sites excluding steroid dienone is 6. The first-order valence-electron chi connectivity index (χ1n) is 25.9. The van der Waals surface area contributed by atoms with E-state index in [-0.39, 0.29) is 55.3 Å². The molecule has 4 rings (SSSR count). The Balaban J connectivity index is 1.70. The number of nitrogens with zero attached hydrogens (tertiary/aromatic N) is 1. The quantitative estimate of drug-likeness (QED) is 0.0917. The van der Waals surface area contributed by atoms with Crippen LogP contribution in [0.15, 0.2) is 47.6 Å². The largest absolute Gasteiger partial charge is 0.460 e. The molecule has 3 heterocycles. The summed E-state index contributed by atoms with van der Waals surface area (Å²) in [6, 6.07) is -1.17. The zero-order chi connectivity index (χ0) is 52.8. The number of hydrogen-bond acceptors (Lipinski definition) is 15. The number of ketones is 3. The number of aliphatic hydroxyl groups excluding tert-OH is 1. The Kier molecular flexibility index (Phi) is 23.7. The highest BCUT2D eigenvalue weighted by atomic mass is 31.2. The number of fused-ring (bicyclic) bond motifs is 3. The summed E-state index contributed by atoms with van der Waals surface area (Å²) in [6.07, 6.45) is 10.8. The van der Waals surface area contributed by atoms with Crippen LogP contribution in [0.1, 0.15) is 132 Å². The van der Waals surface area contributed by atoms with Crippen LogP contribution in [0.3, 0.4) is 0 Å². The van der Waals surface area contributed by atoms with E-state index in [0.717, 1.165) is 5.57 Å². The second-order valence-corrected chi connectivity index (χ2v) is 22.9. The number of Topliss-reactive ketones (excluding diaryl/α,β-unsaturated/α-hetero) is 3. The lowest BCUT2D eigenvalue weighted by Gasteiger charge is -2.42. The third kappa shape index (κ3) is 16.7. The summed E-state index contributed by atoms with van der Waals surface area (Å²) < 4.78 is 54.0. The minimum atomic E-state index is -3.32. The topological polar surface area (TPSA) is 211 Å². The molecule has 2 N–H and O–H groups in total. The lowest BCUT2D eigenvalue weighted by molar-refractivity contribution is -0.265. The Morgan fingerprint density at radius 1 is 0.873 bits per heavy atom. The first-order chi connectivity index (χ1) is 33.5. The van der Waals surface area contributed by atoms with Gasteiger partial charge >= 0.3 is 13.6 Å². The number of ether oxygens (including phenoxy) is 5. The van der Waals surface area contributed by atoms with E-state index in [1.165, 1.54) is 18.7 Å². The fourth-order valence-electron chi connectivity index (χ4n) is 10.7. The van der Waals surface area contributed by atoms with E-state index in [4.69, 9.17) is 32.7 Å². The average molecular weight is 1020 g/mol. The summed E-state index contributed by atoms with van der Waals surface area (Å²) in [7, 11) is 1.20. The highest BCUT2D eigenvalue weighted by molar-refractivity contribution is 7.53. The summed E-state index contributed by atoms with van der Waals surface area (Å²) >= 11 is 0. The van der Waals surface area contributed by atoms with Gasteiger partial charge in [-0.1, -0.05) is 71.1 Å². The number of hydrogen-bond donors (Lipinski definition) is 2. The molecule has 16 nitrogen and oxygen atoms in total. The highest BCUT2D eigenvalue weighted by Crippen LogP contribution is 2.48. The van der Waals surface area contributed by atoms with Crippen molar-refractivity contribution in [3.8, 4) is 0 Å². The number of cyclic esters (lactones) is 1. The van der Waals surface area contributed by atoms with Crippen molar-refractivity contribution in [2.75, 3.05) is 41.1 Å². The number of amides is 1. The van der Waals surface area contributed by atoms with E-state index in [0.29, 0.717) is 69.8 Å². The van der Waals surface area contributed by atoms with Crippen molar-refractivity contribution < 1.29 is 71.5 Å². The van der Waals surface area contributed by atoms with Crippen LogP contribution in [0.4, 0.5) is 0 Å². The van der Waals surface area contributed by atoms with E-state index < -0.39 is 97.6 Å². The van der Waals surface area contributed by atoms with Crippen molar-refractivity contribution in [1.82, 2.24) is 4.90 Å². The molecule has 1 unspecified atom stereocenters. The van der Waals surface area contributed by atoms with Crippen molar-refractivity contribution in [2.24, 2.45) is 35.5 Å². The minimum Gasteiger partial charge on any atom is -0.460 e. The van der Waals surface area contributed by atoms with Gasteiger partial charge in [0.1, 0.15) is 30.1 Å². The molecule has 2 saturated heterocycles. The number of piperidine rings is 1. The van der Waals surface area contributed by atoms with Crippen molar-refractivity contribution in [3.63, 3.8) is 0 Å². The molecule has 3 aliphatic heterocycles. The van der Waals surface area contributed by atoms with Crippen LogP contribution < -0.4 is 0 Å². The van der Waals surface area contributed by atoms with E-state index in [1.807, 2.05) is 58.1 Å². The number of esters is 1. The van der Waals surface area contributed by atoms with Crippen molar-refractivity contribution in [1.29, 1.82) is 0 Å². The van der Waals surface area contributed by atoms with Crippen molar-refractivity contribution in [2.45, 2.75) is 187 Å². The molecule has 0 radical (unpaired) electrons. The highest BCUT2D eigenvalue weighted by Gasteiger charge is 2.53. The minimum absolute atomic E-state index is 0.00668. The molecule has 2 bridgehead atoms. The molecule has 17 heteroatoms. The molecular formula is C54H86NO15P. The Labute approximate surface area is 423 Å². The monoisotopic (exact) mass is 1020 g/mol. The van der Waals surface area contributed by atoms with Crippen LogP contribution >= 0.6 is 7.60 Å². The molecule has 0 spiro atoms. The molecular weight excluding hydrogens is 934 g/mol. The summed E-state index contributed by atoms with van der Waals surface area (Å²) in [5.74, 6) is -8.26. The lowest BCUT2D eigenvalue weighted by atomic mass is 9.78. The van der Waals surface area contributed by atoms with Gasteiger partial charge in [0, 0.05) is 65.1 Å². The normalized spacial score (nSPS) is 38.9. The van der Waals surface area contributed by atoms with Gasteiger partial charge in [-0.3, -0.25) is 23.7 Å². The number of carbonyl (C=O) groups is 5. The molecule has 0 aromatic heterocycles. The van der Waals surface area contributed by atoms with Gasteiger partial charge in [-0.05, 0) is 114 Å². The van der Waals surface area contributed by atoms with Crippen LogP contribution in [-0.2, 0) is 61.3 Å². The fourth-order valence-corrected chi connectivity index (χ4v) is 12.0. The third-order valence-electron chi connectivity index (χ3n) is 15.1. The lowest BCUT2D eigenvalue weighted by Crippen LogP contribution is -2.61. The van der Waals surface area contributed by atoms with Gasteiger partial charge in [0.05, 0.1) is 31.0 Å². The molecule has 4 aliphatic rings. The summed E-state index contributed by atoms with van der Waals surface area (Å²) in [5.41, 5.74) is 1.24. The van der Waals surface area contributed by atoms with Crippen LogP contribution in [0.25, 0.3) is 0 Å². The van der Waals surface area contributed by atoms with E-state index in [2.05, 4.69) is 0 Å². The van der Waals surface area contributed by atoms with Gasteiger partial charge < -0.3 is 47.8 Å². The number of carbonyl (C=O) groups excluding carboxylic acids is 5. The van der Waals surface area contributed by atoms with Gasteiger partial charge in [-0.15, -0.1) is 0 Å². The van der Waals surface area contributed by atoms with Crippen LogP contribution in [0.2, 0.25) is 0 Å². The predicted octanol–water partition coefficient (Wildman–Crippen LogP) is 8.06. The second kappa shape index (κ2) is 27.9. The molecule has 71 heavy (non-hydrogen) atoms. The van der Waals surface area contributed by atoms with E-state index in [1.54, 1.807) is 48.0 Å². The standard InChI is InChI=1S/C54H86NO15P/c1-13-67-71(12,63)70-44-25-23-40(30-47(44)65-10)29-36(5)46-32-43(56)35(4)28-38(7)49(58)50(66-11)48(57)37(6)27-33(2)19-15-14-16-20-34(3)45(64-9)31-41-24-22-39(8)54(62,69-41)51(59)52(60)55-26-18-17-21-42(55)53(61)68-46/h14-16,19-20,28,33,35-37,39-42,44-47,49-50,58,62H,13,17-18,21-27,29-32H2,1-12H3/b16-14+,19-15+,34-20+,38-28+/t33-,35-,36-,37-,39-,40+,41+,42+,44-,45+,46+,47-,49-,50+,54-,71?/m1/s1. The van der Waals surface area contributed by atoms with E-state index in [9.17, 15) is 38.8 Å². The zero-order valence-electron chi connectivity index (χ0n) is 44.5. The summed E-state index contributed by atoms with van der Waals surface area (Å²) in [5, 5.41) is 23.5. The van der Waals surface area contributed by atoms with Gasteiger partial charge in [0.25, 0.3) is 11.7 Å². The van der Waals surface area contributed by atoms with E-state index >= 15 is 0 Å². The van der Waals surface area contributed by atoms with Crippen LogP contribution in [0.5, 0.6) is 0 Å². The maximum atomic E-state index is 14.5. The third-order valence-corrected chi connectivity index (χ3v) is 16.5. The Bertz CT molecular complexity index is 1980. The summed E-state index contributed by atoms with van der Waals surface area (Å²) in [6.45, 7) is 16.1. The maximum absolute atomic E-state index is 14.5. The predicted molar refractivity (Wildman–Crippen MR) is 269 cm³/mol. The molecule has 1 saturated carbocycles. The van der Waals surface area contributed by atoms with Crippen LogP contribution in [-0.4, -0.2) is 140 Å². The molecule has 16 atom stereocenters. The molecule has 402 valence electrons.